The van der Waals surface area contributed by atoms with Crippen molar-refractivity contribution in [3.63, 3.8) is 0 Å². The van der Waals surface area contributed by atoms with E-state index < -0.39 is 0 Å². The second-order valence-electron chi connectivity index (χ2n) is 2.34. The molecule has 0 atom stereocenters. The summed E-state index contributed by atoms with van der Waals surface area (Å²) in [5.41, 5.74) is 0.959. The molecule has 0 unspecified atom stereocenters. The van der Waals surface area contributed by atoms with Crippen LogP contribution in [0.1, 0.15) is 10.7 Å². The molecule has 0 spiro atoms. The quantitative estimate of drug-likeness (QED) is 0.643. The second-order valence-corrected chi connectivity index (χ2v) is 2.34. The van der Waals surface area contributed by atoms with Crippen LogP contribution in [0.3, 0.4) is 0 Å². The number of methoxy groups -OCH3 is 1. The first kappa shape index (κ1) is 7.72. The first-order valence-corrected chi connectivity index (χ1v) is 3.60. The molecule has 5 nitrogen and oxygen atoms in total. The molecule has 0 saturated heterocycles. The van der Waals surface area contributed by atoms with Crippen LogP contribution < -0.4 is 4.74 Å². The highest BCUT2D eigenvalue weighted by Gasteiger charge is 2.09. The maximum atomic E-state index is 10.4. The van der Waals surface area contributed by atoms with E-state index in [1.54, 1.807) is 6.07 Å². The fourth-order valence-corrected chi connectivity index (χ4v) is 1.05. The van der Waals surface area contributed by atoms with Gasteiger partial charge in [-0.2, -0.15) is 0 Å². The predicted molar refractivity (Wildman–Crippen MR) is 43.7 cm³/mol. The van der Waals surface area contributed by atoms with Crippen molar-refractivity contribution in [2.45, 2.75) is 0 Å². The van der Waals surface area contributed by atoms with Crippen molar-refractivity contribution in [2.75, 3.05) is 7.11 Å². The largest absolute Gasteiger partial charge is 0.478 e. The second kappa shape index (κ2) is 2.85. The minimum Gasteiger partial charge on any atom is -0.478 e. The summed E-state index contributed by atoms with van der Waals surface area (Å²) in [6.45, 7) is 0. The van der Waals surface area contributed by atoms with Crippen molar-refractivity contribution >= 4 is 17.4 Å². The summed E-state index contributed by atoms with van der Waals surface area (Å²) in [6.07, 6.45) is 2.08. The topological polar surface area (TPSA) is 65.2 Å². The van der Waals surface area contributed by atoms with Gasteiger partial charge in [0.15, 0.2) is 0 Å². The van der Waals surface area contributed by atoms with Crippen LogP contribution in [-0.4, -0.2) is 23.4 Å². The lowest BCUT2D eigenvalue weighted by Crippen LogP contribution is -1.86. The van der Waals surface area contributed by atoms with Crippen LogP contribution in [0.4, 0.5) is 0 Å². The summed E-state index contributed by atoms with van der Waals surface area (Å²) < 4.78 is 10.00. The van der Waals surface area contributed by atoms with Gasteiger partial charge < -0.3 is 9.15 Å². The first-order chi connectivity index (χ1) is 6.35. The molecule has 0 radical (unpaired) electrons. The van der Waals surface area contributed by atoms with E-state index in [0.29, 0.717) is 23.3 Å². The summed E-state index contributed by atoms with van der Waals surface area (Å²) in [4.78, 5) is 18.1. The fourth-order valence-electron chi connectivity index (χ4n) is 1.05. The molecule has 0 N–H and O–H groups in total. The number of aldehydes is 1. The van der Waals surface area contributed by atoms with Gasteiger partial charge in [-0.1, -0.05) is 0 Å². The van der Waals surface area contributed by atoms with Gasteiger partial charge in [0.1, 0.15) is 5.52 Å². The number of ether oxygens (including phenoxy) is 1. The number of hydrogen-bond donors (Lipinski definition) is 0. The lowest BCUT2D eigenvalue weighted by molar-refractivity contribution is 0.109. The molecule has 5 heteroatoms. The van der Waals surface area contributed by atoms with Crippen molar-refractivity contribution in [2.24, 2.45) is 0 Å². The van der Waals surface area contributed by atoms with Crippen molar-refractivity contribution in [3.8, 4) is 5.88 Å². The molecular formula is C8H6N2O3. The summed E-state index contributed by atoms with van der Waals surface area (Å²) in [6, 6.07) is 1.65. The zero-order chi connectivity index (χ0) is 9.26. The number of carbonyl (C=O) groups is 1. The molecule has 66 valence electrons. The Hall–Kier alpha value is -1.91. The zero-order valence-electron chi connectivity index (χ0n) is 6.85. The third kappa shape index (κ3) is 1.14. The van der Waals surface area contributed by atoms with Gasteiger partial charge in [-0.25, -0.2) is 9.97 Å². The summed E-state index contributed by atoms with van der Waals surface area (Å²) in [5.74, 6) is 0.361. The minimum absolute atomic E-state index is 0.0290. The van der Waals surface area contributed by atoms with E-state index in [2.05, 4.69) is 9.97 Å². The van der Waals surface area contributed by atoms with Gasteiger partial charge in [0, 0.05) is 6.20 Å². The van der Waals surface area contributed by atoms with E-state index in [1.807, 2.05) is 0 Å². The first-order valence-electron chi connectivity index (χ1n) is 3.60. The maximum Gasteiger partial charge on any atom is 0.261 e. The van der Waals surface area contributed by atoms with Crippen LogP contribution in [0, 0.1) is 0 Å². The standard InChI is InChI=1S/C8H6N2O3/c1-12-8-7-5(2-3-9-8)10-6(4-11)13-7/h2-4H,1H3. The lowest BCUT2D eigenvalue weighted by Gasteiger charge is -1.95. The monoisotopic (exact) mass is 178 g/mol. The maximum absolute atomic E-state index is 10.4. The van der Waals surface area contributed by atoms with Gasteiger partial charge >= 0.3 is 0 Å². The summed E-state index contributed by atoms with van der Waals surface area (Å²) in [7, 11) is 1.48. The fraction of sp³-hybridized carbons (Fsp3) is 0.125. The Morgan fingerprint density at radius 3 is 3.15 bits per heavy atom. The van der Waals surface area contributed by atoms with Crippen molar-refractivity contribution < 1.29 is 13.9 Å². The number of oxazole rings is 1. The third-order valence-electron chi connectivity index (χ3n) is 1.58. The van der Waals surface area contributed by atoms with Crippen LogP contribution in [0.25, 0.3) is 11.1 Å². The van der Waals surface area contributed by atoms with Gasteiger partial charge in [0.25, 0.3) is 11.8 Å². The summed E-state index contributed by atoms with van der Waals surface area (Å²) in [5, 5.41) is 0. The van der Waals surface area contributed by atoms with Crippen LogP contribution in [-0.2, 0) is 0 Å². The number of pyridine rings is 1. The average molecular weight is 178 g/mol. The Bertz CT molecular complexity index is 450. The van der Waals surface area contributed by atoms with E-state index in [0.717, 1.165) is 0 Å². The van der Waals surface area contributed by atoms with Gasteiger partial charge in [-0.15, -0.1) is 0 Å². The van der Waals surface area contributed by atoms with Gasteiger partial charge in [-0.05, 0) is 6.07 Å². The molecule has 0 aliphatic carbocycles. The Morgan fingerprint density at radius 2 is 2.46 bits per heavy atom. The number of aromatic nitrogens is 2. The normalized spacial score (nSPS) is 10.2. The van der Waals surface area contributed by atoms with Gasteiger partial charge in [0.2, 0.25) is 11.9 Å². The molecule has 0 aliphatic heterocycles. The minimum atomic E-state index is 0.0290. The van der Waals surface area contributed by atoms with Gasteiger partial charge in [0.05, 0.1) is 7.11 Å². The van der Waals surface area contributed by atoms with Crippen LogP contribution in [0.15, 0.2) is 16.7 Å². The Morgan fingerprint density at radius 1 is 1.62 bits per heavy atom. The highest BCUT2D eigenvalue weighted by atomic mass is 16.5. The number of rotatable bonds is 2. The number of nitrogens with zero attached hydrogens (tertiary/aromatic N) is 2. The van der Waals surface area contributed by atoms with Crippen molar-refractivity contribution in [1.29, 1.82) is 0 Å². The molecule has 0 amide bonds. The van der Waals surface area contributed by atoms with E-state index >= 15 is 0 Å². The van der Waals surface area contributed by atoms with E-state index in [1.165, 1.54) is 13.3 Å². The molecule has 2 aromatic heterocycles. The predicted octanol–water partition coefficient (Wildman–Crippen LogP) is 1.04. The number of hydrogen-bond acceptors (Lipinski definition) is 5. The molecule has 0 fully saturated rings. The Balaban J connectivity index is 2.74. The van der Waals surface area contributed by atoms with Crippen LogP contribution in [0.2, 0.25) is 0 Å². The Kier molecular flexibility index (Phi) is 1.70. The molecule has 2 aromatic rings. The molecule has 2 rings (SSSR count). The molecule has 0 saturated carbocycles. The molecule has 0 aromatic carbocycles. The highest BCUT2D eigenvalue weighted by Crippen LogP contribution is 2.22. The Labute approximate surface area is 73.4 Å². The molecular weight excluding hydrogens is 172 g/mol. The summed E-state index contributed by atoms with van der Waals surface area (Å²) >= 11 is 0. The highest BCUT2D eigenvalue weighted by molar-refractivity contribution is 5.81. The third-order valence-corrected chi connectivity index (χ3v) is 1.58. The SMILES string of the molecule is COc1nccc2nc(C=O)oc12. The molecule has 13 heavy (non-hydrogen) atoms. The van der Waals surface area contributed by atoms with Crippen molar-refractivity contribution in [3.05, 3.63) is 18.2 Å². The molecule has 2 heterocycles. The van der Waals surface area contributed by atoms with Gasteiger partial charge in [-0.3, -0.25) is 4.79 Å². The zero-order valence-corrected chi connectivity index (χ0v) is 6.85. The molecule has 0 bridgehead atoms. The average Bonchev–Trinajstić information content (AvgIpc) is 2.59. The van der Waals surface area contributed by atoms with E-state index in [9.17, 15) is 4.79 Å². The van der Waals surface area contributed by atoms with Crippen molar-refractivity contribution in [1.82, 2.24) is 9.97 Å². The van der Waals surface area contributed by atoms with Crippen LogP contribution in [0.5, 0.6) is 5.88 Å². The van der Waals surface area contributed by atoms with Crippen LogP contribution >= 0.6 is 0 Å². The number of fused-ring (bicyclic) bond motifs is 1. The smallest absolute Gasteiger partial charge is 0.261 e. The van der Waals surface area contributed by atoms with E-state index in [-0.39, 0.29) is 5.89 Å². The van der Waals surface area contributed by atoms with E-state index in [4.69, 9.17) is 9.15 Å². The lowest BCUT2D eigenvalue weighted by atomic mass is 10.4. The molecule has 0 aliphatic rings. The number of carbonyl (C=O) groups excluding carboxylic acids is 1.